The maximum Gasteiger partial charge on any atom is 0.335 e. The first-order chi connectivity index (χ1) is 12.6. The van der Waals surface area contributed by atoms with E-state index < -0.39 is 5.97 Å². The van der Waals surface area contributed by atoms with Gasteiger partial charge in [0.25, 0.3) is 0 Å². The number of rotatable bonds is 6. The molecule has 0 radical (unpaired) electrons. The number of carboxylic acid groups (broad SMARTS) is 1. The van der Waals surface area contributed by atoms with E-state index in [1.165, 1.54) is 12.1 Å². The van der Waals surface area contributed by atoms with E-state index in [0.29, 0.717) is 28.7 Å². The Labute approximate surface area is 151 Å². The molecule has 0 saturated carbocycles. The Hall–Kier alpha value is -3.14. The molecule has 0 aliphatic carbocycles. The molecule has 4 nitrogen and oxygen atoms in total. The van der Waals surface area contributed by atoms with E-state index >= 15 is 0 Å². The molecule has 0 atom stereocenters. The lowest BCUT2D eigenvalue weighted by atomic mass is 10.0. The molecule has 0 unspecified atom stereocenters. The number of hydrogen-bond acceptors (Lipinski definition) is 3. The van der Waals surface area contributed by atoms with Gasteiger partial charge >= 0.3 is 5.97 Å². The summed E-state index contributed by atoms with van der Waals surface area (Å²) < 4.78 is 5.95. The number of aromatic carboxylic acids is 1. The second-order valence-electron chi connectivity index (χ2n) is 6.14. The highest BCUT2D eigenvalue weighted by molar-refractivity contribution is 5.93. The Morgan fingerprint density at radius 3 is 2.58 bits per heavy atom. The highest BCUT2D eigenvalue weighted by Crippen LogP contribution is 2.21. The summed E-state index contributed by atoms with van der Waals surface area (Å²) in [7, 11) is 0. The monoisotopic (exact) mass is 348 g/mol. The minimum atomic E-state index is -1.06. The molecule has 2 aromatic carbocycles. The van der Waals surface area contributed by atoms with Crippen LogP contribution in [0, 0.1) is 0 Å². The van der Waals surface area contributed by atoms with E-state index in [1.807, 2.05) is 42.5 Å². The molecule has 0 spiro atoms. The highest BCUT2D eigenvalue weighted by Gasteiger charge is 2.14. The largest absolute Gasteiger partial charge is 0.478 e. The molecule has 0 saturated heterocycles. The Bertz CT molecular complexity index is 1010. The van der Waals surface area contributed by atoms with Crippen molar-refractivity contribution in [3.05, 3.63) is 81.2 Å². The number of hydrogen-bond donors (Lipinski definition) is 1. The van der Waals surface area contributed by atoms with E-state index in [2.05, 4.69) is 6.92 Å². The van der Waals surface area contributed by atoms with Crippen LogP contribution in [0.3, 0.4) is 0 Å². The zero-order valence-electron chi connectivity index (χ0n) is 14.6. The van der Waals surface area contributed by atoms with Crippen LogP contribution < -0.4 is 5.43 Å². The molecule has 3 aromatic rings. The van der Waals surface area contributed by atoms with E-state index in [-0.39, 0.29) is 11.0 Å². The normalized spacial score (nSPS) is 11.3. The first-order valence-electron chi connectivity index (χ1n) is 8.66. The molecule has 0 amide bonds. The van der Waals surface area contributed by atoms with Gasteiger partial charge in [0.15, 0.2) is 5.43 Å². The zero-order chi connectivity index (χ0) is 18.5. The van der Waals surface area contributed by atoms with Gasteiger partial charge in [-0.05, 0) is 42.7 Å². The predicted molar refractivity (Wildman–Crippen MR) is 103 cm³/mol. The summed E-state index contributed by atoms with van der Waals surface area (Å²) in [5, 5.41) is 9.48. The van der Waals surface area contributed by atoms with Crippen molar-refractivity contribution in [1.82, 2.24) is 0 Å². The number of carbonyl (C=O) groups is 1. The molecule has 26 heavy (non-hydrogen) atoms. The van der Waals surface area contributed by atoms with Gasteiger partial charge in [-0.25, -0.2) is 4.79 Å². The van der Waals surface area contributed by atoms with Crippen LogP contribution in [-0.4, -0.2) is 11.1 Å². The number of carboxylic acids is 1. The Morgan fingerprint density at radius 2 is 1.88 bits per heavy atom. The molecular weight excluding hydrogens is 328 g/mol. The first-order valence-corrected chi connectivity index (χ1v) is 8.66. The average Bonchev–Trinajstić information content (AvgIpc) is 2.66. The van der Waals surface area contributed by atoms with Crippen molar-refractivity contribution in [3.8, 4) is 0 Å². The number of benzene rings is 2. The van der Waals surface area contributed by atoms with Crippen LogP contribution in [-0.2, 0) is 6.42 Å². The third-order valence-electron chi connectivity index (χ3n) is 4.27. The fourth-order valence-corrected chi connectivity index (χ4v) is 2.84. The standard InChI is InChI=1S/C22H20O4/c1-2-3-9-17-19(12-10-15-7-5-4-6-8-15)26-20-13-11-16(22(24)25)14-18(20)21(17)23/h4-8,10-14H,2-3,9H2,1H3,(H,24,25)/b12-10+. The summed E-state index contributed by atoms with van der Waals surface area (Å²) in [5.74, 6) is -0.530. The van der Waals surface area contributed by atoms with Gasteiger partial charge in [-0.1, -0.05) is 49.8 Å². The van der Waals surface area contributed by atoms with Crippen molar-refractivity contribution in [3.63, 3.8) is 0 Å². The van der Waals surface area contributed by atoms with Gasteiger partial charge in [-0.15, -0.1) is 0 Å². The smallest absolute Gasteiger partial charge is 0.335 e. The third-order valence-corrected chi connectivity index (χ3v) is 4.27. The maximum atomic E-state index is 13.0. The van der Waals surface area contributed by atoms with Crippen molar-refractivity contribution in [1.29, 1.82) is 0 Å². The zero-order valence-corrected chi connectivity index (χ0v) is 14.6. The lowest BCUT2D eigenvalue weighted by molar-refractivity contribution is 0.0697. The van der Waals surface area contributed by atoms with Crippen LogP contribution in [0.2, 0.25) is 0 Å². The van der Waals surface area contributed by atoms with Crippen LogP contribution in [0.25, 0.3) is 23.1 Å². The number of unbranched alkanes of at least 4 members (excludes halogenated alkanes) is 1. The van der Waals surface area contributed by atoms with Crippen molar-refractivity contribution in [2.24, 2.45) is 0 Å². The summed E-state index contributed by atoms with van der Waals surface area (Å²) in [4.78, 5) is 24.1. The Kier molecular flexibility index (Phi) is 5.32. The third kappa shape index (κ3) is 3.75. The lowest BCUT2D eigenvalue weighted by Crippen LogP contribution is -2.12. The minimum Gasteiger partial charge on any atom is -0.478 e. The topological polar surface area (TPSA) is 67.5 Å². The molecule has 0 aliphatic rings. The molecule has 4 heteroatoms. The molecular formula is C22H20O4. The van der Waals surface area contributed by atoms with Gasteiger partial charge in [0.05, 0.1) is 10.9 Å². The molecule has 132 valence electrons. The van der Waals surface area contributed by atoms with Crippen LogP contribution in [0.15, 0.2) is 57.7 Å². The highest BCUT2D eigenvalue weighted by atomic mass is 16.4. The van der Waals surface area contributed by atoms with E-state index in [4.69, 9.17) is 9.52 Å². The second-order valence-corrected chi connectivity index (χ2v) is 6.14. The summed E-state index contributed by atoms with van der Waals surface area (Å²) in [6.45, 7) is 2.06. The SMILES string of the molecule is CCCCc1c(/C=C/c2ccccc2)oc2ccc(C(=O)O)cc2c1=O. The van der Waals surface area contributed by atoms with E-state index in [1.54, 1.807) is 6.07 Å². The molecule has 1 heterocycles. The van der Waals surface area contributed by atoms with Crippen LogP contribution >= 0.6 is 0 Å². The van der Waals surface area contributed by atoms with Gasteiger partial charge in [0.2, 0.25) is 0 Å². The Balaban J connectivity index is 2.14. The summed E-state index contributed by atoms with van der Waals surface area (Å²) in [5.41, 5.74) is 1.93. The molecule has 0 bridgehead atoms. The fourth-order valence-electron chi connectivity index (χ4n) is 2.84. The minimum absolute atomic E-state index is 0.0822. The van der Waals surface area contributed by atoms with Crippen molar-refractivity contribution in [2.75, 3.05) is 0 Å². The quantitative estimate of drug-likeness (QED) is 0.680. The fraction of sp³-hybridized carbons (Fsp3) is 0.182. The second kappa shape index (κ2) is 7.83. The van der Waals surface area contributed by atoms with Crippen molar-refractivity contribution in [2.45, 2.75) is 26.2 Å². The van der Waals surface area contributed by atoms with Crippen molar-refractivity contribution >= 4 is 29.1 Å². The van der Waals surface area contributed by atoms with Gasteiger partial charge in [0.1, 0.15) is 11.3 Å². The lowest BCUT2D eigenvalue weighted by Gasteiger charge is -2.07. The van der Waals surface area contributed by atoms with Crippen LogP contribution in [0.1, 0.15) is 47.0 Å². The predicted octanol–water partition coefficient (Wildman–Crippen LogP) is 5.00. The summed E-state index contributed by atoms with van der Waals surface area (Å²) in [6.07, 6.45) is 6.13. The maximum absolute atomic E-state index is 13.0. The van der Waals surface area contributed by atoms with Crippen LogP contribution in [0.5, 0.6) is 0 Å². The van der Waals surface area contributed by atoms with Gasteiger partial charge < -0.3 is 9.52 Å². The van der Waals surface area contributed by atoms with E-state index in [0.717, 1.165) is 18.4 Å². The first kappa shape index (κ1) is 17.7. The summed E-state index contributed by atoms with van der Waals surface area (Å²) in [6, 6.07) is 14.2. The number of fused-ring (bicyclic) bond motifs is 1. The van der Waals surface area contributed by atoms with Gasteiger partial charge in [-0.2, -0.15) is 0 Å². The summed E-state index contributed by atoms with van der Waals surface area (Å²) >= 11 is 0. The van der Waals surface area contributed by atoms with E-state index in [9.17, 15) is 9.59 Å². The molecule has 0 fully saturated rings. The van der Waals surface area contributed by atoms with Gasteiger partial charge in [-0.3, -0.25) is 4.79 Å². The molecule has 1 N–H and O–H groups in total. The van der Waals surface area contributed by atoms with Crippen LogP contribution in [0.4, 0.5) is 0 Å². The van der Waals surface area contributed by atoms with Gasteiger partial charge in [0, 0.05) is 5.56 Å². The molecule has 0 aliphatic heterocycles. The van der Waals surface area contributed by atoms with Crippen molar-refractivity contribution < 1.29 is 14.3 Å². The Morgan fingerprint density at radius 1 is 1.12 bits per heavy atom. The molecule has 1 aromatic heterocycles. The molecule has 3 rings (SSSR count). The average molecular weight is 348 g/mol.